The summed E-state index contributed by atoms with van der Waals surface area (Å²) in [5.74, 6) is -2.52. The van der Waals surface area contributed by atoms with Crippen LogP contribution in [0.2, 0.25) is 0 Å². The van der Waals surface area contributed by atoms with Gasteiger partial charge in [-0.2, -0.15) is 0 Å². The Kier molecular flexibility index (Phi) is 9.70. The molecule has 1 fully saturated rings. The Morgan fingerprint density at radius 1 is 1.03 bits per heavy atom. The molecule has 0 saturated carbocycles. The number of likely N-dealkylation sites (tertiary alicyclic amines) is 1. The van der Waals surface area contributed by atoms with Crippen LogP contribution < -0.4 is 10.0 Å². The molecule has 0 spiro atoms. The summed E-state index contributed by atoms with van der Waals surface area (Å²) in [6.07, 6.45) is 1.91. The number of rotatable bonds is 14. The van der Waals surface area contributed by atoms with E-state index in [1.807, 2.05) is 0 Å². The molecule has 1 saturated heterocycles. The van der Waals surface area contributed by atoms with E-state index < -0.39 is 45.0 Å². The first-order valence-electron chi connectivity index (χ1n) is 12.2. The lowest BCUT2D eigenvalue weighted by atomic mass is 10.0. The molecule has 2 aromatic carbocycles. The molecule has 38 heavy (non-hydrogen) atoms. The van der Waals surface area contributed by atoms with Gasteiger partial charge in [-0.15, -0.1) is 0 Å². The van der Waals surface area contributed by atoms with Crippen LogP contribution in [-0.4, -0.2) is 60.0 Å². The average Bonchev–Trinajstić information content (AvgIpc) is 2.88. The van der Waals surface area contributed by atoms with E-state index in [1.54, 1.807) is 0 Å². The molecular weight excluding hydrogens is 517 g/mol. The number of nitrogens with one attached hydrogen (secondary N) is 2. The number of hydrogen-bond acceptors (Lipinski definition) is 6. The number of carbonyl (C=O) groups excluding carboxylic acids is 3. The van der Waals surface area contributed by atoms with E-state index in [-0.39, 0.29) is 24.3 Å². The molecule has 204 valence electrons. The van der Waals surface area contributed by atoms with Crippen LogP contribution in [0, 0.1) is 5.82 Å². The van der Waals surface area contributed by atoms with Gasteiger partial charge in [0.2, 0.25) is 21.8 Å². The molecule has 0 bridgehead atoms. The van der Waals surface area contributed by atoms with Crippen molar-refractivity contribution < 1.29 is 37.1 Å². The minimum absolute atomic E-state index is 0.0747. The summed E-state index contributed by atoms with van der Waals surface area (Å²) in [6.45, 7) is 1.67. The first-order chi connectivity index (χ1) is 18.0. The second-order valence-corrected chi connectivity index (χ2v) is 11.0. The second-order valence-electron chi connectivity index (χ2n) is 9.04. The zero-order chi connectivity index (χ0) is 27.9. The lowest BCUT2D eigenvalue weighted by Crippen LogP contribution is -2.64. The van der Waals surface area contributed by atoms with Gasteiger partial charge in [-0.3, -0.25) is 14.4 Å². The maximum Gasteiger partial charge on any atom is 0.335 e. The molecule has 2 unspecified atom stereocenters. The van der Waals surface area contributed by atoms with Crippen molar-refractivity contribution in [2.75, 3.05) is 6.54 Å². The van der Waals surface area contributed by atoms with Crippen molar-refractivity contribution in [2.45, 2.75) is 57.0 Å². The van der Waals surface area contributed by atoms with Crippen molar-refractivity contribution >= 4 is 33.6 Å². The molecule has 1 aliphatic heterocycles. The van der Waals surface area contributed by atoms with E-state index in [9.17, 15) is 32.0 Å². The molecule has 2 aromatic rings. The van der Waals surface area contributed by atoms with E-state index in [0.29, 0.717) is 43.4 Å². The third-order valence-corrected chi connectivity index (χ3v) is 7.98. The number of Topliss-reactive ketones (excluding diaryl/α,β-unsaturated/α-hetero) is 1. The highest BCUT2D eigenvalue weighted by atomic mass is 32.2. The highest BCUT2D eigenvalue weighted by Crippen LogP contribution is 2.27. The third kappa shape index (κ3) is 7.45. The van der Waals surface area contributed by atoms with Crippen LogP contribution in [0.25, 0.3) is 0 Å². The predicted octanol–water partition coefficient (Wildman–Crippen LogP) is 2.45. The van der Waals surface area contributed by atoms with E-state index in [2.05, 4.69) is 10.0 Å². The van der Waals surface area contributed by atoms with E-state index in [4.69, 9.17) is 5.11 Å². The first-order valence-corrected chi connectivity index (χ1v) is 13.7. The number of unbranched alkanes of at least 4 members (excludes halogenated alkanes) is 2. The van der Waals surface area contributed by atoms with E-state index >= 15 is 0 Å². The van der Waals surface area contributed by atoms with Crippen LogP contribution in [0.5, 0.6) is 0 Å². The number of carboxylic acids is 1. The van der Waals surface area contributed by atoms with Crippen LogP contribution in [0.3, 0.4) is 0 Å². The summed E-state index contributed by atoms with van der Waals surface area (Å²) in [7, 11) is -3.97. The van der Waals surface area contributed by atoms with Crippen LogP contribution in [-0.2, 0) is 26.2 Å². The van der Waals surface area contributed by atoms with Crippen molar-refractivity contribution in [1.29, 1.82) is 0 Å². The highest BCUT2D eigenvalue weighted by Gasteiger charge is 2.48. The molecule has 0 radical (unpaired) electrons. The van der Waals surface area contributed by atoms with Gasteiger partial charge in [0.05, 0.1) is 12.0 Å². The van der Waals surface area contributed by atoms with Crippen LogP contribution in [0.4, 0.5) is 4.39 Å². The fraction of sp³-hybridized carbons (Fsp3) is 0.385. The molecule has 1 heterocycles. The zero-order valence-electron chi connectivity index (χ0n) is 20.9. The normalized spacial score (nSPS) is 16.0. The fourth-order valence-electron chi connectivity index (χ4n) is 4.02. The van der Waals surface area contributed by atoms with Gasteiger partial charge in [0.25, 0.3) is 0 Å². The zero-order valence-corrected chi connectivity index (χ0v) is 21.7. The minimum Gasteiger partial charge on any atom is -0.478 e. The summed E-state index contributed by atoms with van der Waals surface area (Å²) in [6, 6.07) is 10.1. The first kappa shape index (κ1) is 28.9. The number of hydrogen-bond donors (Lipinski definition) is 3. The summed E-state index contributed by atoms with van der Waals surface area (Å²) >= 11 is 0. The molecule has 12 heteroatoms. The van der Waals surface area contributed by atoms with Gasteiger partial charge in [0.15, 0.2) is 11.2 Å². The molecule has 0 aromatic heterocycles. The van der Waals surface area contributed by atoms with Gasteiger partial charge < -0.3 is 15.3 Å². The molecule has 2 amide bonds. The number of sulfonamides is 1. The number of nitrogens with zero attached hydrogens (tertiary/aromatic N) is 1. The smallest absolute Gasteiger partial charge is 0.335 e. The van der Waals surface area contributed by atoms with Crippen molar-refractivity contribution in [1.82, 2.24) is 14.9 Å². The van der Waals surface area contributed by atoms with Gasteiger partial charge in [0.1, 0.15) is 11.9 Å². The topological polar surface area (TPSA) is 150 Å². The van der Waals surface area contributed by atoms with Gasteiger partial charge >= 0.3 is 5.97 Å². The van der Waals surface area contributed by atoms with Gasteiger partial charge in [0, 0.05) is 25.1 Å². The predicted molar refractivity (Wildman–Crippen MR) is 136 cm³/mol. The Morgan fingerprint density at radius 2 is 1.66 bits per heavy atom. The quantitative estimate of drug-likeness (QED) is 0.187. The Bertz CT molecular complexity index is 1280. The maximum atomic E-state index is 13.0. The highest BCUT2D eigenvalue weighted by molar-refractivity contribution is 7.90. The number of ketones is 1. The monoisotopic (exact) mass is 547 g/mol. The number of carbonyl (C=O) groups is 4. The van der Waals surface area contributed by atoms with Crippen LogP contribution in [0.15, 0.2) is 48.5 Å². The Hall–Kier alpha value is -3.64. The molecule has 10 nitrogen and oxygen atoms in total. The number of amides is 2. The summed E-state index contributed by atoms with van der Waals surface area (Å²) < 4.78 is 40.9. The van der Waals surface area contributed by atoms with Crippen LogP contribution in [0.1, 0.15) is 65.3 Å². The fourth-order valence-corrected chi connectivity index (χ4v) is 5.55. The van der Waals surface area contributed by atoms with Gasteiger partial charge in [-0.05, 0) is 61.7 Å². The molecule has 3 N–H and O–H groups in total. The Labute approximate surface area is 220 Å². The molecular formula is C26H30FN3O7S. The standard InChI is InChI=1S/C26H30FN3O7S/c1-17(25(33)28-14-4-2-3-5-22(31)19-10-12-21(27)13-11-19)30-23(32)15-24(30)38(36,37)29-16-18-6-8-20(9-7-18)26(34)35/h6-13,17,24,29H,2-5,14-16H2,1H3,(H,28,33)(H,34,35). The molecule has 1 aliphatic rings. The Balaban J connectivity index is 1.41. The third-order valence-electron chi connectivity index (χ3n) is 6.33. The van der Waals surface area contributed by atoms with Crippen molar-refractivity contribution in [3.05, 3.63) is 71.0 Å². The maximum absolute atomic E-state index is 13.0. The largest absolute Gasteiger partial charge is 0.478 e. The van der Waals surface area contributed by atoms with Crippen LogP contribution >= 0.6 is 0 Å². The summed E-state index contributed by atoms with van der Waals surface area (Å²) in [4.78, 5) is 48.8. The molecule has 2 atom stereocenters. The number of β-lactam (4-membered cyclic amide) rings is 1. The lowest BCUT2D eigenvalue weighted by molar-refractivity contribution is -0.150. The van der Waals surface area contributed by atoms with E-state index in [1.165, 1.54) is 55.5 Å². The van der Waals surface area contributed by atoms with Crippen molar-refractivity contribution in [3.8, 4) is 0 Å². The molecule has 3 rings (SSSR count). The number of carboxylic acid groups (broad SMARTS) is 1. The average molecular weight is 548 g/mol. The molecule has 0 aliphatic carbocycles. The van der Waals surface area contributed by atoms with Gasteiger partial charge in [-0.25, -0.2) is 22.3 Å². The van der Waals surface area contributed by atoms with E-state index in [0.717, 1.165) is 4.90 Å². The summed E-state index contributed by atoms with van der Waals surface area (Å²) in [5.41, 5.74) is 1.06. The number of halogens is 1. The Morgan fingerprint density at radius 3 is 2.26 bits per heavy atom. The van der Waals surface area contributed by atoms with Gasteiger partial charge in [-0.1, -0.05) is 18.6 Å². The summed E-state index contributed by atoms with van der Waals surface area (Å²) in [5, 5.41) is 10.5. The van der Waals surface area contributed by atoms with Crippen molar-refractivity contribution in [2.24, 2.45) is 0 Å². The number of benzene rings is 2. The number of aromatic carboxylic acids is 1. The lowest BCUT2D eigenvalue weighted by Gasteiger charge is -2.42. The second kappa shape index (κ2) is 12.7. The SMILES string of the molecule is CC(C(=O)NCCCCCC(=O)c1ccc(F)cc1)N1C(=O)CC1S(=O)(=O)NCc1ccc(C(=O)O)cc1. The van der Waals surface area contributed by atoms with Crippen molar-refractivity contribution in [3.63, 3.8) is 0 Å². The minimum atomic E-state index is -3.97.